The van der Waals surface area contributed by atoms with Gasteiger partial charge in [-0.1, -0.05) is 12.1 Å². The number of benzene rings is 1. The molecule has 0 unspecified atom stereocenters. The molecule has 0 aliphatic rings. The molecule has 24 heavy (non-hydrogen) atoms. The molecule has 0 aliphatic carbocycles. The molecule has 0 spiro atoms. The second-order valence-electron chi connectivity index (χ2n) is 5.47. The van der Waals surface area contributed by atoms with Crippen molar-refractivity contribution in [2.24, 2.45) is 10.1 Å². The van der Waals surface area contributed by atoms with Gasteiger partial charge < -0.3 is 15.5 Å². The molecule has 0 aromatic heterocycles. The van der Waals surface area contributed by atoms with E-state index in [4.69, 9.17) is 5.14 Å². The quantitative estimate of drug-likeness (QED) is 0.446. The number of guanidine groups is 1. The van der Waals surface area contributed by atoms with E-state index < -0.39 is 10.0 Å². The monoisotopic (exact) mass is 355 g/mol. The standard InChI is InChI=1S/C16H29N5O2S/c1-4-18-16(20-10-12-24(17,22)23)19-9-11-21(5-2)15-8-6-7-14(3)13-15/h6-8,13H,4-5,9-12H2,1-3H3,(H2,17,22,23)(H2,18,19,20). The molecule has 0 bridgehead atoms. The SMILES string of the molecule is CCNC(=NCCS(N)(=O)=O)NCCN(CC)c1cccc(C)c1. The minimum Gasteiger partial charge on any atom is -0.370 e. The van der Waals surface area contributed by atoms with E-state index >= 15 is 0 Å². The first kappa shape index (κ1) is 20.2. The Morgan fingerprint density at radius 1 is 1.29 bits per heavy atom. The largest absolute Gasteiger partial charge is 0.370 e. The van der Waals surface area contributed by atoms with Crippen LogP contribution in [0.4, 0.5) is 5.69 Å². The van der Waals surface area contributed by atoms with Crippen molar-refractivity contribution >= 4 is 21.7 Å². The average Bonchev–Trinajstić information content (AvgIpc) is 2.50. The molecule has 0 amide bonds. The van der Waals surface area contributed by atoms with E-state index in [1.165, 1.54) is 11.3 Å². The van der Waals surface area contributed by atoms with E-state index in [-0.39, 0.29) is 12.3 Å². The molecule has 0 aliphatic heterocycles. The zero-order chi connectivity index (χ0) is 18.0. The lowest BCUT2D eigenvalue weighted by molar-refractivity contribution is 0.597. The molecule has 136 valence electrons. The molecular weight excluding hydrogens is 326 g/mol. The molecule has 1 aromatic rings. The highest BCUT2D eigenvalue weighted by molar-refractivity contribution is 7.89. The van der Waals surface area contributed by atoms with E-state index in [2.05, 4.69) is 58.6 Å². The van der Waals surface area contributed by atoms with E-state index in [1.54, 1.807) is 0 Å². The Morgan fingerprint density at radius 3 is 2.62 bits per heavy atom. The lowest BCUT2D eigenvalue weighted by atomic mass is 10.2. The van der Waals surface area contributed by atoms with Gasteiger partial charge in [0.05, 0.1) is 12.3 Å². The highest BCUT2D eigenvalue weighted by Crippen LogP contribution is 2.14. The smallest absolute Gasteiger partial charge is 0.210 e. The first-order valence-corrected chi connectivity index (χ1v) is 9.91. The number of likely N-dealkylation sites (N-methyl/N-ethyl adjacent to an activating group) is 1. The van der Waals surface area contributed by atoms with Crippen LogP contribution in [0.1, 0.15) is 19.4 Å². The molecular formula is C16H29N5O2S. The predicted octanol–water partition coefficient (Wildman–Crippen LogP) is 0.665. The van der Waals surface area contributed by atoms with Crippen LogP contribution in [0.25, 0.3) is 0 Å². The number of nitrogens with one attached hydrogen (secondary N) is 2. The molecule has 7 nitrogen and oxygen atoms in total. The summed E-state index contributed by atoms with van der Waals surface area (Å²) in [5, 5.41) is 11.3. The maximum atomic E-state index is 11.0. The molecule has 0 fully saturated rings. The number of aryl methyl sites for hydroxylation is 1. The summed E-state index contributed by atoms with van der Waals surface area (Å²) in [5.74, 6) is 0.440. The van der Waals surface area contributed by atoms with Crippen LogP contribution in [0.15, 0.2) is 29.3 Å². The Bertz CT molecular complexity index is 631. The molecule has 0 radical (unpaired) electrons. The van der Waals surface area contributed by atoms with Crippen LogP contribution in [0.5, 0.6) is 0 Å². The van der Waals surface area contributed by atoms with Gasteiger partial charge in [-0.2, -0.15) is 0 Å². The van der Waals surface area contributed by atoms with Gasteiger partial charge in [0, 0.05) is 31.9 Å². The van der Waals surface area contributed by atoms with Crippen molar-refractivity contribution < 1.29 is 8.42 Å². The fraction of sp³-hybridized carbons (Fsp3) is 0.562. The zero-order valence-corrected chi connectivity index (χ0v) is 15.6. The first-order chi connectivity index (χ1) is 11.4. The van der Waals surface area contributed by atoms with Gasteiger partial charge in [-0.25, -0.2) is 13.6 Å². The van der Waals surface area contributed by atoms with Crippen molar-refractivity contribution in [3.63, 3.8) is 0 Å². The summed E-state index contributed by atoms with van der Waals surface area (Å²) in [5.41, 5.74) is 2.42. The molecule has 1 aromatic carbocycles. The Balaban J connectivity index is 2.55. The lowest BCUT2D eigenvalue weighted by Crippen LogP contribution is -2.42. The van der Waals surface area contributed by atoms with Crippen molar-refractivity contribution in [3.05, 3.63) is 29.8 Å². The number of nitrogens with two attached hydrogens (primary N) is 1. The van der Waals surface area contributed by atoms with Crippen molar-refractivity contribution in [3.8, 4) is 0 Å². The van der Waals surface area contributed by atoms with Crippen LogP contribution in [0.2, 0.25) is 0 Å². The summed E-state index contributed by atoms with van der Waals surface area (Å²) < 4.78 is 21.9. The summed E-state index contributed by atoms with van der Waals surface area (Å²) in [4.78, 5) is 6.50. The second-order valence-corrected chi connectivity index (χ2v) is 7.21. The van der Waals surface area contributed by atoms with Gasteiger partial charge in [0.2, 0.25) is 10.0 Å². The van der Waals surface area contributed by atoms with Gasteiger partial charge in [0.1, 0.15) is 0 Å². The number of anilines is 1. The van der Waals surface area contributed by atoms with Crippen molar-refractivity contribution in [2.45, 2.75) is 20.8 Å². The van der Waals surface area contributed by atoms with Crippen LogP contribution in [0.3, 0.4) is 0 Å². The van der Waals surface area contributed by atoms with Crippen molar-refractivity contribution in [1.82, 2.24) is 10.6 Å². The van der Waals surface area contributed by atoms with E-state index in [0.717, 1.165) is 13.1 Å². The first-order valence-electron chi connectivity index (χ1n) is 8.20. The fourth-order valence-electron chi connectivity index (χ4n) is 2.23. The summed E-state index contributed by atoms with van der Waals surface area (Å²) in [6, 6.07) is 8.40. The predicted molar refractivity (Wildman–Crippen MR) is 101 cm³/mol. The Kier molecular flexibility index (Phi) is 8.56. The van der Waals surface area contributed by atoms with Crippen LogP contribution in [-0.2, 0) is 10.0 Å². The van der Waals surface area contributed by atoms with E-state index in [9.17, 15) is 8.42 Å². The molecule has 0 saturated carbocycles. The van der Waals surface area contributed by atoms with Crippen molar-refractivity contribution in [1.29, 1.82) is 0 Å². The number of aliphatic imine (C=N–C) groups is 1. The zero-order valence-electron chi connectivity index (χ0n) is 14.7. The Labute approximate surface area is 145 Å². The second kappa shape index (κ2) is 10.1. The van der Waals surface area contributed by atoms with Crippen molar-refractivity contribution in [2.75, 3.05) is 43.4 Å². The lowest BCUT2D eigenvalue weighted by Gasteiger charge is -2.24. The normalized spacial score (nSPS) is 12.1. The third kappa shape index (κ3) is 8.16. The number of nitrogens with zero attached hydrogens (tertiary/aromatic N) is 2. The Morgan fingerprint density at radius 2 is 2.04 bits per heavy atom. The highest BCUT2D eigenvalue weighted by atomic mass is 32.2. The molecule has 0 saturated heterocycles. The van der Waals surface area contributed by atoms with Gasteiger partial charge in [0.15, 0.2) is 5.96 Å². The van der Waals surface area contributed by atoms with Gasteiger partial charge in [-0.15, -0.1) is 0 Å². The van der Waals surface area contributed by atoms with Crippen LogP contribution in [-0.4, -0.2) is 52.9 Å². The Hall–Kier alpha value is -1.80. The number of hydrogen-bond donors (Lipinski definition) is 3. The van der Waals surface area contributed by atoms with Gasteiger partial charge in [-0.3, -0.25) is 4.99 Å². The minimum atomic E-state index is -3.48. The number of hydrogen-bond acceptors (Lipinski definition) is 4. The average molecular weight is 356 g/mol. The summed E-state index contributed by atoms with van der Waals surface area (Å²) in [7, 11) is -3.48. The van der Waals surface area contributed by atoms with Crippen LogP contribution in [0, 0.1) is 6.92 Å². The third-order valence-corrected chi connectivity index (χ3v) is 4.16. The summed E-state index contributed by atoms with van der Waals surface area (Å²) in [6.45, 7) is 9.43. The molecule has 1 rings (SSSR count). The minimum absolute atomic E-state index is 0.142. The molecule has 0 heterocycles. The molecule has 0 atom stereocenters. The molecule has 8 heteroatoms. The maximum Gasteiger partial charge on any atom is 0.210 e. The van der Waals surface area contributed by atoms with Crippen LogP contribution < -0.4 is 20.7 Å². The van der Waals surface area contributed by atoms with Gasteiger partial charge >= 0.3 is 0 Å². The third-order valence-electron chi connectivity index (χ3n) is 3.41. The number of sulfonamides is 1. The van der Waals surface area contributed by atoms with E-state index in [1.807, 2.05) is 6.92 Å². The van der Waals surface area contributed by atoms with Gasteiger partial charge in [-0.05, 0) is 38.5 Å². The molecule has 4 N–H and O–H groups in total. The number of primary sulfonamides is 1. The maximum absolute atomic E-state index is 11.0. The summed E-state index contributed by atoms with van der Waals surface area (Å²) >= 11 is 0. The fourth-order valence-corrected chi connectivity index (χ4v) is 2.58. The summed E-state index contributed by atoms with van der Waals surface area (Å²) in [6.07, 6.45) is 0. The number of rotatable bonds is 9. The topological polar surface area (TPSA) is 99.8 Å². The van der Waals surface area contributed by atoms with Gasteiger partial charge in [0.25, 0.3) is 0 Å². The highest BCUT2D eigenvalue weighted by Gasteiger charge is 2.06. The van der Waals surface area contributed by atoms with E-state index in [0.29, 0.717) is 19.0 Å². The van der Waals surface area contributed by atoms with Crippen LogP contribution >= 0.6 is 0 Å².